The molecule has 0 bridgehead atoms. The van der Waals surface area contributed by atoms with Crippen LogP contribution in [0, 0.1) is 0 Å². The zero-order valence-corrected chi connectivity index (χ0v) is 11.6. The van der Waals surface area contributed by atoms with Gasteiger partial charge in [-0.05, 0) is 19.3 Å². The van der Waals surface area contributed by atoms with Crippen molar-refractivity contribution >= 4 is 5.82 Å². The highest BCUT2D eigenvalue weighted by Crippen LogP contribution is 2.32. The first-order chi connectivity index (χ1) is 8.30. The standard InChI is InChI=1S/C13H20N4O/c1-8(2)17-11(14)6-10(15-17)12-9(7-18-16-12)13(3,4)5/h6-8H,14H2,1-5H3. The largest absolute Gasteiger partial charge is 0.384 e. The van der Waals surface area contributed by atoms with E-state index in [0.717, 1.165) is 17.0 Å². The molecule has 2 rings (SSSR count). The Morgan fingerprint density at radius 3 is 2.50 bits per heavy atom. The van der Waals surface area contributed by atoms with E-state index in [0.29, 0.717) is 5.82 Å². The number of rotatable bonds is 2. The van der Waals surface area contributed by atoms with Gasteiger partial charge in [0.05, 0.1) is 0 Å². The molecule has 0 saturated carbocycles. The van der Waals surface area contributed by atoms with Crippen LogP contribution in [0.1, 0.15) is 46.2 Å². The average molecular weight is 248 g/mol. The molecule has 0 fully saturated rings. The molecule has 0 aliphatic carbocycles. The molecule has 0 radical (unpaired) electrons. The van der Waals surface area contributed by atoms with Gasteiger partial charge in [0.2, 0.25) is 0 Å². The Morgan fingerprint density at radius 1 is 1.33 bits per heavy atom. The summed E-state index contributed by atoms with van der Waals surface area (Å²) in [5, 5.41) is 8.56. The monoisotopic (exact) mass is 248 g/mol. The van der Waals surface area contributed by atoms with Crippen molar-refractivity contribution in [2.75, 3.05) is 5.73 Å². The molecule has 2 aromatic heterocycles. The van der Waals surface area contributed by atoms with E-state index in [1.807, 2.05) is 19.9 Å². The Kier molecular flexibility index (Phi) is 2.92. The van der Waals surface area contributed by atoms with Gasteiger partial charge in [-0.3, -0.25) is 0 Å². The fraction of sp³-hybridized carbons (Fsp3) is 0.538. The van der Waals surface area contributed by atoms with E-state index in [1.165, 1.54) is 0 Å². The number of nitrogens with zero attached hydrogens (tertiary/aromatic N) is 3. The summed E-state index contributed by atoms with van der Waals surface area (Å²) in [6, 6.07) is 2.07. The second kappa shape index (κ2) is 4.15. The third kappa shape index (κ3) is 2.12. The molecular weight excluding hydrogens is 228 g/mol. The maximum atomic E-state index is 5.95. The summed E-state index contributed by atoms with van der Waals surface area (Å²) >= 11 is 0. The number of aromatic nitrogens is 3. The van der Waals surface area contributed by atoms with Crippen molar-refractivity contribution in [2.24, 2.45) is 0 Å². The van der Waals surface area contributed by atoms with Crippen LogP contribution in [0.4, 0.5) is 5.82 Å². The second-order valence-electron chi connectivity index (χ2n) is 5.82. The van der Waals surface area contributed by atoms with E-state index in [2.05, 4.69) is 31.0 Å². The molecule has 0 unspecified atom stereocenters. The molecule has 2 aromatic rings. The van der Waals surface area contributed by atoms with Crippen LogP contribution in [0.15, 0.2) is 16.9 Å². The summed E-state index contributed by atoms with van der Waals surface area (Å²) in [6.07, 6.45) is 1.68. The molecule has 0 aliphatic heterocycles. The molecule has 0 saturated heterocycles. The van der Waals surface area contributed by atoms with Gasteiger partial charge in [0, 0.05) is 17.7 Å². The van der Waals surface area contributed by atoms with Crippen LogP contribution in [-0.2, 0) is 5.41 Å². The Labute approximate surface area is 107 Å². The lowest BCUT2D eigenvalue weighted by atomic mass is 9.87. The fourth-order valence-corrected chi connectivity index (χ4v) is 1.89. The van der Waals surface area contributed by atoms with E-state index in [9.17, 15) is 0 Å². The van der Waals surface area contributed by atoms with Gasteiger partial charge in [-0.2, -0.15) is 5.10 Å². The molecule has 0 atom stereocenters. The number of nitrogens with two attached hydrogens (primary N) is 1. The Balaban J connectivity index is 2.50. The zero-order valence-electron chi connectivity index (χ0n) is 11.6. The van der Waals surface area contributed by atoms with Crippen LogP contribution in [0.5, 0.6) is 0 Å². The van der Waals surface area contributed by atoms with Crippen LogP contribution in [0.3, 0.4) is 0 Å². The van der Waals surface area contributed by atoms with Gasteiger partial charge in [0.15, 0.2) is 0 Å². The first kappa shape index (κ1) is 12.7. The number of anilines is 1. The normalized spacial score (nSPS) is 12.3. The highest BCUT2D eigenvalue weighted by Gasteiger charge is 2.24. The van der Waals surface area contributed by atoms with E-state index in [1.54, 1.807) is 10.9 Å². The van der Waals surface area contributed by atoms with Gasteiger partial charge in [-0.15, -0.1) is 0 Å². The van der Waals surface area contributed by atoms with Crippen molar-refractivity contribution < 1.29 is 4.52 Å². The van der Waals surface area contributed by atoms with Crippen molar-refractivity contribution in [1.82, 2.24) is 14.9 Å². The predicted octanol–water partition coefficient (Wildman–Crippen LogP) is 3.00. The van der Waals surface area contributed by atoms with Gasteiger partial charge >= 0.3 is 0 Å². The minimum Gasteiger partial charge on any atom is -0.384 e. The number of hydrogen-bond donors (Lipinski definition) is 1. The molecule has 0 spiro atoms. The lowest BCUT2D eigenvalue weighted by molar-refractivity contribution is 0.418. The molecule has 5 heteroatoms. The molecule has 98 valence electrons. The van der Waals surface area contributed by atoms with Crippen LogP contribution >= 0.6 is 0 Å². The van der Waals surface area contributed by atoms with Crippen molar-refractivity contribution in [3.8, 4) is 11.4 Å². The van der Waals surface area contributed by atoms with E-state index < -0.39 is 0 Å². The topological polar surface area (TPSA) is 69.9 Å². The van der Waals surface area contributed by atoms with Crippen LogP contribution < -0.4 is 5.73 Å². The van der Waals surface area contributed by atoms with Crippen LogP contribution in [0.25, 0.3) is 11.4 Å². The van der Waals surface area contributed by atoms with Crippen LogP contribution in [0.2, 0.25) is 0 Å². The molecule has 2 N–H and O–H groups in total. The third-order valence-electron chi connectivity index (χ3n) is 2.87. The molecule has 5 nitrogen and oxygen atoms in total. The third-order valence-corrected chi connectivity index (χ3v) is 2.87. The first-order valence-corrected chi connectivity index (χ1v) is 6.11. The summed E-state index contributed by atoms with van der Waals surface area (Å²) in [5.41, 5.74) is 8.49. The summed E-state index contributed by atoms with van der Waals surface area (Å²) in [4.78, 5) is 0. The van der Waals surface area contributed by atoms with Crippen molar-refractivity contribution in [1.29, 1.82) is 0 Å². The molecule has 18 heavy (non-hydrogen) atoms. The van der Waals surface area contributed by atoms with Crippen molar-refractivity contribution in [3.63, 3.8) is 0 Å². The lowest BCUT2D eigenvalue weighted by Gasteiger charge is -2.16. The molecule has 2 heterocycles. The van der Waals surface area contributed by atoms with E-state index >= 15 is 0 Å². The summed E-state index contributed by atoms with van der Waals surface area (Å²) in [5.74, 6) is 0.642. The summed E-state index contributed by atoms with van der Waals surface area (Å²) in [6.45, 7) is 10.4. The van der Waals surface area contributed by atoms with Gasteiger partial charge in [0.1, 0.15) is 23.5 Å². The first-order valence-electron chi connectivity index (χ1n) is 6.11. The number of nitrogen functional groups attached to an aromatic ring is 1. The maximum absolute atomic E-state index is 5.95. The van der Waals surface area contributed by atoms with Crippen molar-refractivity contribution in [2.45, 2.75) is 46.1 Å². The van der Waals surface area contributed by atoms with Crippen molar-refractivity contribution in [3.05, 3.63) is 17.9 Å². The Morgan fingerprint density at radius 2 is 2.00 bits per heavy atom. The van der Waals surface area contributed by atoms with Gasteiger partial charge < -0.3 is 10.3 Å². The Bertz CT molecular complexity index is 546. The minimum absolute atomic E-state index is 0.0360. The highest BCUT2D eigenvalue weighted by molar-refractivity contribution is 5.62. The zero-order chi connectivity index (χ0) is 13.5. The molecule has 0 amide bonds. The number of hydrogen-bond acceptors (Lipinski definition) is 4. The van der Waals surface area contributed by atoms with Gasteiger partial charge in [-0.25, -0.2) is 4.68 Å². The quantitative estimate of drug-likeness (QED) is 0.887. The Hall–Kier alpha value is -1.78. The molecular formula is C13H20N4O. The predicted molar refractivity (Wildman–Crippen MR) is 71.2 cm³/mol. The van der Waals surface area contributed by atoms with Gasteiger partial charge in [-0.1, -0.05) is 25.9 Å². The highest BCUT2D eigenvalue weighted by atomic mass is 16.5. The van der Waals surface area contributed by atoms with Gasteiger partial charge in [0.25, 0.3) is 0 Å². The van der Waals surface area contributed by atoms with E-state index in [4.69, 9.17) is 10.3 Å². The smallest absolute Gasteiger partial charge is 0.137 e. The fourth-order valence-electron chi connectivity index (χ4n) is 1.89. The molecule has 0 aliphatic rings. The second-order valence-corrected chi connectivity index (χ2v) is 5.82. The summed E-state index contributed by atoms with van der Waals surface area (Å²) < 4.78 is 6.88. The SMILES string of the molecule is CC(C)n1nc(-c2nocc2C(C)(C)C)cc1N. The molecule has 0 aromatic carbocycles. The lowest BCUT2D eigenvalue weighted by Crippen LogP contribution is -2.11. The maximum Gasteiger partial charge on any atom is 0.137 e. The minimum atomic E-state index is -0.0360. The summed E-state index contributed by atoms with van der Waals surface area (Å²) in [7, 11) is 0. The van der Waals surface area contributed by atoms with Crippen LogP contribution in [-0.4, -0.2) is 14.9 Å². The van der Waals surface area contributed by atoms with E-state index in [-0.39, 0.29) is 11.5 Å². The average Bonchev–Trinajstić information content (AvgIpc) is 2.80.